The van der Waals surface area contributed by atoms with E-state index in [1.807, 2.05) is 0 Å². The van der Waals surface area contributed by atoms with E-state index in [9.17, 15) is 14.0 Å². The van der Waals surface area contributed by atoms with Crippen LogP contribution in [0.5, 0.6) is 0 Å². The van der Waals surface area contributed by atoms with E-state index >= 15 is 0 Å². The van der Waals surface area contributed by atoms with Crippen LogP contribution in [0.25, 0.3) is 0 Å². The molecule has 8 heteroatoms. The van der Waals surface area contributed by atoms with Gasteiger partial charge in [-0.3, -0.25) is 14.5 Å². The van der Waals surface area contributed by atoms with Gasteiger partial charge in [0.15, 0.2) is 0 Å². The number of hydrogen-bond donors (Lipinski definition) is 1. The summed E-state index contributed by atoms with van der Waals surface area (Å²) in [6.07, 6.45) is 0.904. The van der Waals surface area contributed by atoms with Gasteiger partial charge in [-0.1, -0.05) is 23.7 Å². The molecule has 0 atom stereocenters. The molecule has 2 aromatic rings. The Kier molecular flexibility index (Phi) is 7.65. The number of nitrogens with one attached hydrogen (secondary N) is 1. The minimum atomic E-state index is -0.294. The molecular weight excluding hydrogens is 407 g/mol. The number of benzene rings is 2. The van der Waals surface area contributed by atoms with Gasteiger partial charge in [-0.2, -0.15) is 0 Å². The summed E-state index contributed by atoms with van der Waals surface area (Å²) < 4.78 is 13.1. The van der Waals surface area contributed by atoms with Gasteiger partial charge in [0.25, 0.3) is 0 Å². The Labute approximate surface area is 181 Å². The van der Waals surface area contributed by atoms with Crippen molar-refractivity contribution < 1.29 is 14.0 Å². The van der Waals surface area contributed by atoms with E-state index in [4.69, 9.17) is 11.6 Å². The average Bonchev–Trinajstić information content (AvgIpc) is 2.96. The number of halogens is 2. The van der Waals surface area contributed by atoms with Gasteiger partial charge in [0, 0.05) is 38.9 Å². The highest BCUT2D eigenvalue weighted by Crippen LogP contribution is 2.20. The van der Waals surface area contributed by atoms with E-state index in [2.05, 4.69) is 15.1 Å². The van der Waals surface area contributed by atoms with Crippen molar-refractivity contribution in [3.8, 4) is 0 Å². The quantitative estimate of drug-likeness (QED) is 0.762. The zero-order valence-electron chi connectivity index (χ0n) is 17.0. The highest BCUT2D eigenvalue weighted by atomic mass is 35.5. The van der Waals surface area contributed by atoms with Crippen molar-refractivity contribution in [2.45, 2.75) is 6.42 Å². The Hall–Kier alpha value is -2.64. The molecular formula is C22H26ClFN4O2. The molecule has 160 valence electrons. The molecule has 2 amide bonds. The van der Waals surface area contributed by atoms with E-state index in [0.29, 0.717) is 10.7 Å². The fourth-order valence-electron chi connectivity index (χ4n) is 3.41. The maximum atomic E-state index is 13.1. The number of para-hydroxylation sites is 1. The van der Waals surface area contributed by atoms with E-state index < -0.39 is 0 Å². The Balaban J connectivity index is 1.47. The third-order valence-corrected chi connectivity index (χ3v) is 5.42. The van der Waals surface area contributed by atoms with Gasteiger partial charge in [-0.25, -0.2) is 4.39 Å². The highest BCUT2D eigenvalue weighted by molar-refractivity contribution is 6.33. The monoisotopic (exact) mass is 432 g/mol. The third-order valence-electron chi connectivity index (χ3n) is 5.09. The molecule has 0 aromatic heterocycles. The Morgan fingerprint density at radius 3 is 2.53 bits per heavy atom. The van der Waals surface area contributed by atoms with E-state index in [1.54, 1.807) is 43.4 Å². The van der Waals surface area contributed by atoms with Gasteiger partial charge in [0.2, 0.25) is 11.8 Å². The number of amides is 2. The molecule has 0 spiro atoms. The van der Waals surface area contributed by atoms with Crippen LogP contribution in [0.1, 0.15) is 6.42 Å². The van der Waals surface area contributed by atoms with E-state index in [-0.39, 0.29) is 30.7 Å². The molecule has 1 heterocycles. The molecule has 6 nitrogen and oxygen atoms in total. The molecule has 1 saturated heterocycles. The summed E-state index contributed by atoms with van der Waals surface area (Å²) in [5, 5.41) is 3.18. The van der Waals surface area contributed by atoms with Gasteiger partial charge in [0.05, 0.1) is 23.8 Å². The highest BCUT2D eigenvalue weighted by Gasteiger charge is 2.20. The molecule has 1 N–H and O–H groups in total. The SMILES string of the molecule is CN(CC(=O)Nc1ccccc1Cl)C(=O)CN1CCCN(c2ccc(F)cc2)CC1. The van der Waals surface area contributed by atoms with Crippen molar-refractivity contribution in [1.29, 1.82) is 0 Å². The number of carbonyl (C=O) groups excluding carboxylic acids is 2. The maximum absolute atomic E-state index is 13.1. The van der Waals surface area contributed by atoms with Crippen molar-refractivity contribution in [1.82, 2.24) is 9.80 Å². The van der Waals surface area contributed by atoms with Crippen LogP contribution in [0.3, 0.4) is 0 Å². The number of hydrogen-bond acceptors (Lipinski definition) is 4. The maximum Gasteiger partial charge on any atom is 0.244 e. The summed E-state index contributed by atoms with van der Waals surface area (Å²) >= 11 is 6.05. The number of anilines is 2. The normalized spacial score (nSPS) is 14.8. The number of carbonyl (C=O) groups is 2. The van der Waals surface area contributed by atoms with Gasteiger partial charge < -0.3 is 15.1 Å². The molecule has 0 unspecified atom stereocenters. The zero-order valence-corrected chi connectivity index (χ0v) is 17.7. The second-order valence-corrected chi connectivity index (χ2v) is 7.78. The Morgan fingerprint density at radius 2 is 1.80 bits per heavy atom. The summed E-state index contributed by atoms with van der Waals surface area (Å²) in [5.41, 5.74) is 1.51. The molecule has 2 aromatic carbocycles. The molecule has 0 radical (unpaired) electrons. The van der Waals surface area contributed by atoms with Crippen molar-refractivity contribution in [3.05, 3.63) is 59.4 Å². The van der Waals surface area contributed by atoms with Gasteiger partial charge in [0.1, 0.15) is 5.82 Å². The lowest BCUT2D eigenvalue weighted by Crippen LogP contribution is -2.42. The minimum Gasteiger partial charge on any atom is -0.370 e. The van der Waals surface area contributed by atoms with Crippen LogP contribution in [0.15, 0.2) is 48.5 Å². The van der Waals surface area contributed by atoms with Crippen molar-refractivity contribution in [3.63, 3.8) is 0 Å². The fourth-order valence-corrected chi connectivity index (χ4v) is 3.59. The first kappa shape index (κ1) is 22.1. The summed E-state index contributed by atoms with van der Waals surface area (Å²) in [4.78, 5) is 30.5. The fraction of sp³-hybridized carbons (Fsp3) is 0.364. The average molecular weight is 433 g/mol. The second-order valence-electron chi connectivity index (χ2n) is 7.37. The van der Waals surface area contributed by atoms with E-state index in [0.717, 1.165) is 38.3 Å². The summed E-state index contributed by atoms with van der Waals surface area (Å²) in [6, 6.07) is 13.5. The molecule has 1 aliphatic rings. The largest absolute Gasteiger partial charge is 0.370 e. The second kappa shape index (κ2) is 10.4. The lowest BCUT2D eigenvalue weighted by Gasteiger charge is -2.25. The number of likely N-dealkylation sites (N-methyl/N-ethyl adjacent to an activating group) is 1. The van der Waals surface area contributed by atoms with E-state index in [1.165, 1.54) is 17.0 Å². The standard InChI is InChI=1S/C22H26ClFN4O2/c1-26(15-21(29)25-20-6-3-2-5-19(20)23)22(30)16-27-11-4-12-28(14-13-27)18-9-7-17(24)8-10-18/h2-3,5-10H,4,11-16H2,1H3,(H,25,29). The van der Waals surface area contributed by atoms with Crippen LogP contribution >= 0.6 is 11.6 Å². The minimum absolute atomic E-state index is 0.0421. The smallest absolute Gasteiger partial charge is 0.244 e. The predicted octanol–water partition coefficient (Wildman–Crippen LogP) is 3.09. The summed E-state index contributed by atoms with van der Waals surface area (Å²) in [6.45, 7) is 3.35. The topological polar surface area (TPSA) is 55.9 Å². The first-order valence-corrected chi connectivity index (χ1v) is 10.3. The third kappa shape index (κ3) is 6.18. The molecule has 1 fully saturated rings. The molecule has 30 heavy (non-hydrogen) atoms. The lowest BCUT2D eigenvalue weighted by atomic mass is 10.2. The molecule has 0 bridgehead atoms. The van der Waals surface area contributed by atoms with Gasteiger partial charge in [-0.15, -0.1) is 0 Å². The van der Waals surface area contributed by atoms with Crippen molar-refractivity contribution in [2.75, 3.05) is 56.5 Å². The molecule has 1 aliphatic heterocycles. The summed E-state index contributed by atoms with van der Waals surface area (Å²) in [7, 11) is 1.62. The van der Waals surface area contributed by atoms with Crippen molar-refractivity contribution in [2.24, 2.45) is 0 Å². The predicted molar refractivity (Wildman–Crippen MR) is 117 cm³/mol. The molecule has 0 aliphatic carbocycles. The van der Waals surface area contributed by atoms with Gasteiger partial charge in [-0.05, 0) is 42.8 Å². The Bertz CT molecular complexity index is 878. The first-order valence-electron chi connectivity index (χ1n) is 9.93. The van der Waals surface area contributed by atoms with Crippen LogP contribution in [0.2, 0.25) is 5.02 Å². The van der Waals surface area contributed by atoms with Crippen LogP contribution in [0.4, 0.5) is 15.8 Å². The van der Waals surface area contributed by atoms with Crippen LogP contribution < -0.4 is 10.2 Å². The lowest BCUT2D eigenvalue weighted by molar-refractivity contribution is -0.134. The molecule has 0 saturated carbocycles. The summed E-state index contributed by atoms with van der Waals surface area (Å²) in [5.74, 6) is -0.653. The van der Waals surface area contributed by atoms with Crippen LogP contribution in [-0.4, -0.2) is 67.9 Å². The first-order chi connectivity index (χ1) is 14.4. The molecule has 3 rings (SSSR count). The van der Waals surface area contributed by atoms with Gasteiger partial charge >= 0.3 is 0 Å². The van der Waals surface area contributed by atoms with Crippen molar-refractivity contribution >= 4 is 34.8 Å². The Morgan fingerprint density at radius 1 is 1.07 bits per heavy atom. The number of rotatable bonds is 6. The van der Waals surface area contributed by atoms with Crippen LogP contribution in [-0.2, 0) is 9.59 Å². The zero-order chi connectivity index (χ0) is 21.5. The number of nitrogens with zero attached hydrogens (tertiary/aromatic N) is 3. The van der Waals surface area contributed by atoms with Crippen LogP contribution in [0, 0.1) is 5.82 Å².